The third kappa shape index (κ3) is 4.18. The Morgan fingerprint density at radius 2 is 2.04 bits per heavy atom. The number of anilines is 1. The van der Waals surface area contributed by atoms with Crippen LogP contribution in [-0.2, 0) is 0 Å². The summed E-state index contributed by atoms with van der Waals surface area (Å²) < 4.78 is 9.88. The number of ether oxygens (including phenoxy) is 1. The molecule has 24 heavy (non-hydrogen) atoms. The molecule has 0 aliphatic heterocycles. The van der Waals surface area contributed by atoms with E-state index in [9.17, 15) is 4.79 Å². The molecule has 3 aromatic rings. The number of rotatable bonds is 6. The SMILES string of the molecule is CC(C)COc1ccc(C(=O)Nc2nc(-c3cccs3)ns2)cc1. The van der Waals surface area contributed by atoms with Crippen molar-refractivity contribution >= 4 is 33.9 Å². The van der Waals surface area contributed by atoms with Crippen molar-refractivity contribution in [3.63, 3.8) is 0 Å². The van der Waals surface area contributed by atoms with Crippen molar-refractivity contribution in [1.29, 1.82) is 0 Å². The molecule has 3 rings (SSSR count). The molecule has 0 aliphatic carbocycles. The summed E-state index contributed by atoms with van der Waals surface area (Å²) in [6.07, 6.45) is 0. The summed E-state index contributed by atoms with van der Waals surface area (Å²) in [5.74, 6) is 1.65. The molecule has 0 unspecified atom stereocenters. The van der Waals surface area contributed by atoms with Crippen molar-refractivity contribution < 1.29 is 9.53 Å². The molecule has 1 amide bonds. The Balaban J connectivity index is 1.62. The Morgan fingerprint density at radius 1 is 1.25 bits per heavy atom. The molecule has 0 atom stereocenters. The van der Waals surface area contributed by atoms with Gasteiger partial charge >= 0.3 is 0 Å². The predicted octanol–water partition coefficient (Wildman–Crippen LogP) is 4.55. The van der Waals surface area contributed by atoms with Crippen LogP contribution in [0.15, 0.2) is 41.8 Å². The van der Waals surface area contributed by atoms with Crippen LogP contribution >= 0.6 is 22.9 Å². The number of aromatic nitrogens is 2. The second-order valence-corrected chi connectivity index (χ2v) is 7.28. The summed E-state index contributed by atoms with van der Waals surface area (Å²) in [5, 5.41) is 5.24. The number of thiophene rings is 1. The van der Waals surface area contributed by atoms with Crippen molar-refractivity contribution in [2.24, 2.45) is 5.92 Å². The highest BCUT2D eigenvalue weighted by Crippen LogP contribution is 2.25. The highest BCUT2D eigenvalue weighted by molar-refractivity contribution is 7.14. The summed E-state index contributed by atoms with van der Waals surface area (Å²) in [6.45, 7) is 4.84. The van der Waals surface area contributed by atoms with E-state index in [2.05, 4.69) is 28.5 Å². The minimum atomic E-state index is -0.209. The van der Waals surface area contributed by atoms with Crippen LogP contribution in [0.2, 0.25) is 0 Å². The largest absolute Gasteiger partial charge is 0.493 e. The average molecular weight is 359 g/mol. The van der Waals surface area contributed by atoms with E-state index in [1.54, 1.807) is 35.6 Å². The first kappa shape index (κ1) is 16.6. The normalized spacial score (nSPS) is 10.8. The number of hydrogen-bond acceptors (Lipinski definition) is 6. The molecule has 0 radical (unpaired) electrons. The monoisotopic (exact) mass is 359 g/mol. The zero-order valence-corrected chi connectivity index (χ0v) is 15.0. The number of carbonyl (C=O) groups is 1. The molecule has 1 aromatic carbocycles. The Bertz CT molecular complexity index is 796. The first-order chi connectivity index (χ1) is 11.6. The second kappa shape index (κ2) is 7.55. The van der Waals surface area contributed by atoms with Crippen LogP contribution in [0.25, 0.3) is 10.7 Å². The van der Waals surface area contributed by atoms with E-state index in [-0.39, 0.29) is 5.91 Å². The van der Waals surface area contributed by atoms with Crippen LogP contribution in [0, 0.1) is 5.92 Å². The van der Waals surface area contributed by atoms with Gasteiger partial charge in [-0.25, -0.2) is 0 Å². The van der Waals surface area contributed by atoms with Crippen molar-refractivity contribution in [2.75, 3.05) is 11.9 Å². The van der Waals surface area contributed by atoms with Gasteiger partial charge in [0.05, 0.1) is 11.5 Å². The smallest absolute Gasteiger partial charge is 0.257 e. The predicted molar refractivity (Wildman–Crippen MR) is 98.0 cm³/mol. The van der Waals surface area contributed by atoms with Gasteiger partial charge in [-0.2, -0.15) is 9.36 Å². The van der Waals surface area contributed by atoms with Crippen molar-refractivity contribution in [1.82, 2.24) is 9.36 Å². The number of nitrogens with one attached hydrogen (secondary N) is 1. The van der Waals surface area contributed by atoms with Crippen molar-refractivity contribution in [2.45, 2.75) is 13.8 Å². The summed E-state index contributed by atoms with van der Waals surface area (Å²) in [6, 6.07) is 11.0. The van der Waals surface area contributed by atoms with Gasteiger partial charge in [-0.05, 0) is 41.6 Å². The summed E-state index contributed by atoms with van der Waals surface area (Å²) in [7, 11) is 0. The highest BCUT2D eigenvalue weighted by Gasteiger charge is 2.12. The molecule has 0 spiro atoms. The summed E-state index contributed by atoms with van der Waals surface area (Å²) in [5.41, 5.74) is 0.555. The topological polar surface area (TPSA) is 64.1 Å². The number of carbonyl (C=O) groups excluding carboxylic acids is 1. The number of benzene rings is 1. The van der Waals surface area contributed by atoms with Crippen LogP contribution in [0.5, 0.6) is 5.75 Å². The Hall–Kier alpha value is -2.25. The quantitative estimate of drug-likeness (QED) is 0.701. The molecule has 7 heteroatoms. The van der Waals surface area contributed by atoms with Crippen molar-refractivity contribution in [3.05, 3.63) is 47.3 Å². The van der Waals surface area contributed by atoms with E-state index in [0.29, 0.717) is 29.0 Å². The Labute approximate surface area is 148 Å². The lowest BCUT2D eigenvalue weighted by atomic mass is 10.2. The van der Waals surface area contributed by atoms with Gasteiger partial charge < -0.3 is 4.74 Å². The fraction of sp³-hybridized carbons (Fsp3) is 0.235. The van der Waals surface area contributed by atoms with Crippen LogP contribution in [0.1, 0.15) is 24.2 Å². The van der Waals surface area contributed by atoms with Gasteiger partial charge in [0.25, 0.3) is 5.91 Å². The maximum atomic E-state index is 12.3. The lowest BCUT2D eigenvalue weighted by Gasteiger charge is -2.09. The van der Waals surface area contributed by atoms with E-state index in [1.165, 1.54) is 11.5 Å². The Morgan fingerprint density at radius 3 is 2.71 bits per heavy atom. The minimum absolute atomic E-state index is 0.209. The number of hydrogen-bond donors (Lipinski definition) is 1. The van der Waals surface area contributed by atoms with E-state index < -0.39 is 0 Å². The van der Waals surface area contributed by atoms with Crippen LogP contribution in [0.3, 0.4) is 0 Å². The molecule has 2 aromatic heterocycles. The molecule has 2 heterocycles. The van der Waals surface area contributed by atoms with Crippen LogP contribution in [-0.4, -0.2) is 21.9 Å². The minimum Gasteiger partial charge on any atom is -0.493 e. The summed E-state index contributed by atoms with van der Waals surface area (Å²) >= 11 is 2.74. The molecular weight excluding hydrogens is 342 g/mol. The van der Waals surface area contributed by atoms with Gasteiger partial charge in [0.1, 0.15) is 5.75 Å². The van der Waals surface area contributed by atoms with Gasteiger partial charge in [0, 0.05) is 17.1 Å². The number of amides is 1. The maximum Gasteiger partial charge on any atom is 0.257 e. The zero-order chi connectivity index (χ0) is 16.9. The van der Waals surface area contributed by atoms with Gasteiger partial charge in [-0.3, -0.25) is 10.1 Å². The van der Waals surface area contributed by atoms with E-state index >= 15 is 0 Å². The molecule has 5 nitrogen and oxygen atoms in total. The molecule has 124 valence electrons. The molecular formula is C17H17N3O2S2. The highest BCUT2D eigenvalue weighted by atomic mass is 32.1. The van der Waals surface area contributed by atoms with E-state index in [1.807, 2.05) is 17.5 Å². The standard InChI is InChI=1S/C17H17N3O2S2/c1-11(2)10-22-13-7-5-12(6-8-13)16(21)19-17-18-15(20-24-17)14-4-3-9-23-14/h3-9,11H,10H2,1-2H3,(H,18,19,20,21). The lowest BCUT2D eigenvalue weighted by molar-refractivity contribution is 0.102. The van der Waals surface area contributed by atoms with E-state index in [0.717, 1.165) is 10.6 Å². The molecule has 0 saturated heterocycles. The van der Waals surface area contributed by atoms with Crippen LogP contribution in [0.4, 0.5) is 5.13 Å². The fourth-order valence-corrected chi connectivity index (χ4v) is 3.21. The van der Waals surface area contributed by atoms with Gasteiger partial charge in [-0.1, -0.05) is 19.9 Å². The molecule has 0 bridgehead atoms. The summed E-state index contributed by atoms with van der Waals surface area (Å²) in [4.78, 5) is 17.6. The lowest BCUT2D eigenvalue weighted by Crippen LogP contribution is -2.11. The van der Waals surface area contributed by atoms with Crippen LogP contribution < -0.4 is 10.1 Å². The van der Waals surface area contributed by atoms with Gasteiger partial charge in [0.15, 0.2) is 5.82 Å². The zero-order valence-electron chi connectivity index (χ0n) is 13.4. The van der Waals surface area contributed by atoms with E-state index in [4.69, 9.17) is 4.74 Å². The molecule has 0 saturated carbocycles. The molecule has 0 fully saturated rings. The first-order valence-corrected chi connectivity index (χ1v) is 9.19. The first-order valence-electron chi connectivity index (χ1n) is 7.53. The number of nitrogens with zero attached hydrogens (tertiary/aromatic N) is 2. The molecule has 1 N–H and O–H groups in total. The third-order valence-electron chi connectivity index (χ3n) is 3.09. The fourth-order valence-electron chi connectivity index (χ4n) is 1.91. The Kier molecular flexibility index (Phi) is 5.22. The van der Waals surface area contributed by atoms with Crippen molar-refractivity contribution in [3.8, 4) is 16.5 Å². The average Bonchev–Trinajstić information content (AvgIpc) is 3.24. The maximum absolute atomic E-state index is 12.3. The second-order valence-electron chi connectivity index (χ2n) is 5.58. The van der Waals surface area contributed by atoms with Gasteiger partial charge in [0.2, 0.25) is 5.13 Å². The van der Waals surface area contributed by atoms with Gasteiger partial charge in [-0.15, -0.1) is 11.3 Å². The molecule has 0 aliphatic rings. The third-order valence-corrected chi connectivity index (χ3v) is 4.58.